The number of hydrogen-bond acceptors (Lipinski definition) is 2. The molecule has 0 aliphatic carbocycles. The average molecular weight is 434 g/mol. The third-order valence-corrected chi connectivity index (χ3v) is 5.66. The van der Waals surface area contributed by atoms with Crippen LogP contribution in [0.4, 0.5) is 0 Å². The van der Waals surface area contributed by atoms with Gasteiger partial charge in [-0.25, -0.2) is 0 Å². The minimum Gasteiger partial charge on any atom is -0.497 e. The number of carbonyl (C=O) groups excluding carboxylic acids is 1. The highest BCUT2D eigenvalue weighted by Gasteiger charge is 2.21. The third-order valence-electron chi connectivity index (χ3n) is 5.66. The van der Waals surface area contributed by atoms with Crippen LogP contribution in [0.2, 0.25) is 0 Å². The van der Waals surface area contributed by atoms with Crippen molar-refractivity contribution >= 4 is 17.6 Å². The van der Waals surface area contributed by atoms with E-state index in [-0.39, 0.29) is 11.9 Å². The van der Waals surface area contributed by atoms with Crippen molar-refractivity contribution in [3.05, 3.63) is 137 Å². The van der Waals surface area contributed by atoms with Crippen LogP contribution in [0, 0.1) is 6.92 Å². The second-order valence-electron chi connectivity index (χ2n) is 7.87. The maximum Gasteiger partial charge on any atom is 0.252 e. The lowest BCUT2D eigenvalue weighted by atomic mass is 9.94. The first-order valence-electron chi connectivity index (χ1n) is 11.0. The summed E-state index contributed by atoms with van der Waals surface area (Å²) in [5, 5.41) is 3.30. The highest BCUT2D eigenvalue weighted by atomic mass is 16.5. The quantitative estimate of drug-likeness (QED) is 0.269. The lowest BCUT2D eigenvalue weighted by Gasteiger charge is -2.22. The van der Waals surface area contributed by atoms with E-state index in [1.165, 1.54) is 0 Å². The summed E-state index contributed by atoms with van der Waals surface area (Å²) in [4.78, 5) is 13.7. The molecule has 1 amide bonds. The van der Waals surface area contributed by atoms with E-state index in [1.807, 2.05) is 103 Å². The zero-order valence-corrected chi connectivity index (χ0v) is 18.9. The van der Waals surface area contributed by atoms with Crippen LogP contribution in [-0.2, 0) is 4.79 Å². The van der Waals surface area contributed by atoms with Gasteiger partial charge in [-0.3, -0.25) is 4.79 Å². The monoisotopic (exact) mass is 433 g/mol. The first-order valence-corrected chi connectivity index (χ1v) is 11.0. The molecule has 4 aromatic rings. The van der Waals surface area contributed by atoms with Gasteiger partial charge in [0.2, 0.25) is 0 Å². The molecular weight excluding hydrogens is 406 g/mol. The van der Waals surface area contributed by atoms with Gasteiger partial charge < -0.3 is 10.1 Å². The minimum absolute atomic E-state index is 0.130. The first-order chi connectivity index (χ1) is 16.2. The van der Waals surface area contributed by atoms with Crippen LogP contribution in [0.3, 0.4) is 0 Å². The zero-order valence-electron chi connectivity index (χ0n) is 18.9. The molecule has 0 heterocycles. The fourth-order valence-electron chi connectivity index (χ4n) is 3.87. The van der Waals surface area contributed by atoms with Gasteiger partial charge in [0.25, 0.3) is 5.91 Å². The summed E-state index contributed by atoms with van der Waals surface area (Å²) >= 11 is 0. The molecule has 3 heteroatoms. The summed E-state index contributed by atoms with van der Waals surface area (Å²) in [7, 11) is 1.64. The number of aryl methyl sites for hydroxylation is 1. The van der Waals surface area contributed by atoms with Gasteiger partial charge in [0.1, 0.15) is 5.75 Å². The van der Waals surface area contributed by atoms with E-state index >= 15 is 0 Å². The van der Waals surface area contributed by atoms with Crippen LogP contribution in [0.15, 0.2) is 109 Å². The van der Waals surface area contributed by atoms with Crippen molar-refractivity contribution in [1.82, 2.24) is 5.32 Å². The second kappa shape index (κ2) is 10.5. The van der Waals surface area contributed by atoms with Crippen LogP contribution in [0.5, 0.6) is 5.75 Å². The van der Waals surface area contributed by atoms with E-state index in [0.717, 1.165) is 33.6 Å². The highest BCUT2D eigenvalue weighted by Crippen LogP contribution is 2.27. The van der Waals surface area contributed by atoms with E-state index in [4.69, 9.17) is 4.74 Å². The summed E-state index contributed by atoms with van der Waals surface area (Å²) < 4.78 is 5.27. The maximum absolute atomic E-state index is 13.7. The summed E-state index contributed by atoms with van der Waals surface area (Å²) in [6.07, 6.45) is 1.92. The van der Waals surface area contributed by atoms with Gasteiger partial charge >= 0.3 is 0 Å². The van der Waals surface area contributed by atoms with Gasteiger partial charge in [0.15, 0.2) is 0 Å². The van der Waals surface area contributed by atoms with Crippen molar-refractivity contribution in [2.45, 2.75) is 13.0 Å². The number of benzene rings is 4. The molecule has 0 aliphatic rings. The van der Waals surface area contributed by atoms with Crippen LogP contribution >= 0.6 is 0 Å². The number of ether oxygens (including phenoxy) is 1. The zero-order chi connectivity index (χ0) is 23.0. The SMILES string of the molecule is COc1ccc(/C=C(/C(=O)N[C@@H](c2ccccc2)c2ccccc2C)c2ccccc2)cc1. The van der Waals surface area contributed by atoms with Crippen molar-refractivity contribution in [3.8, 4) is 5.75 Å². The summed E-state index contributed by atoms with van der Waals surface area (Å²) in [5.41, 5.74) is 5.65. The molecule has 164 valence electrons. The number of nitrogens with one attached hydrogen (secondary N) is 1. The maximum atomic E-state index is 13.7. The number of hydrogen-bond donors (Lipinski definition) is 1. The van der Waals surface area contributed by atoms with Gasteiger partial charge in [-0.15, -0.1) is 0 Å². The second-order valence-corrected chi connectivity index (χ2v) is 7.87. The molecule has 0 unspecified atom stereocenters. The predicted octanol–water partition coefficient (Wildman–Crippen LogP) is 6.45. The molecule has 4 rings (SSSR count). The van der Waals surface area contributed by atoms with Gasteiger partial charge in [0.05, 0.1) is 13.2 Å². The Morgan fingerprint density at radius 3 is 2.03 bits per heavy atom. The lowest BCUT2D eigenvalue weighted by molar-refractivity contribution is -0.116. The first kappa shape index (κ1) is 22.1. The van der Waals surface area contributed by atoms with Crippen molar-refractivity contribution in [3.63, 3.8) is 0 Å². The molecule has 1 atom stereocenters. The number of carbonyl (C=O) groups is 1. The highest BCUT2D eigenvalue weighted by molar-refractivity contribution is 6.24. The molecule has 0 bridgehead atoms. The Bertz CT molecular complexity index is 1230. The normalized spacial score (nSPS) is 12.1. The Balaban J connectivity index is 1.74. The molecule has 0 radical (unpaired) electrons. The molecular formula is C30H27NO2. The fourth-order valence-corrected chi connectivity index (χ4v) is 3.87. The van der Waals surface area contributed by atoms with Gasteiger partial charge in [-0.1, -0.05) is 97.1 Å². The van der Waals surface area contributed by atoms with Gasteiger partial charge in [-0.05, 0) is 52.9 Å². The van der Waals surface area contributed by atoms with Crippen LogP contribution in [0.1, 0.15) is 33.9 Å². The van der Waals surface area contributed by atoms with Crippen LogP contribution in [0.25, 0.3) is 11.6 Å². The van der Waals surface area contributed by atoms with Gasteiger partial charge in [-0.2, -0.15) is 0 Å². The van der Waals surface area contributed by atoms with E-state index in [0.29, 0.717) is 5.57 Å². The number of amides is 1. The summed E-state index contributed by atoms with van der Waals surface area (Å²) in [5.74, 6) is 0.649. The third kappa shape index (κ3) is 5.39. The Morgan fingerprint density at radius 2 is 1.39 bits per heavy atom. The molecule has 0 saturated carbocycles. The van der Waals surface area contributed by atoms with E-state index in [1.54, 1.807) is 7.11 Å². The van der Waals surface area contributed by atoms with Crippen molar-refractivity contribution in [2.24, 2.45) is 0 Å². The summed E-state index contributed by atoms with van der Waals surface area (Å²) in [6.45, 7) is 2.07. The largest absolute Gasteiger partial charge is 0.497 e. The molecule has 0 aliphatic heterocycles. The Labute approximate surface area is 195 Å². The van der Waals surface area contributed by atoms with E-state index in [9.17, 15) is 4.79 Å². The van der Waals surface area contributed by atoms with Crippen molar-refractivity contribution < 1.29 is 9.53 Å². The molecule has 33 heavy (non-hydrogen) atoms. The molecule has 0 spiro atoms. The minimum atomic E-state index is -0.261. The van der Waals surface area contributed by atoms with Crippen LogP contribution < -0.4 is 10.1 Å². The van der Waals surface area contributed by atoms with E-state index in [2.05, 4.69) is 24.4 Å². The summed E-state index contributed by atoms with van der Waals surface area (Å²) in [6, 6.07) is 35.4. The van der Waals surface area contributed by atoms with Crippen LogP contribution in [-0.4, -0.2) is 13.0 Å². The van der Waals surface area contributed by atoms with Crippen molar-refractivity contribution in [1.29, 1.82) is 0 Å². The molecule has 0 aromatic heterocycles. The topological polar surface area (TPSA) is 38.3 Å². The molecule has 1 N–H and O–H groups in total. The predicted molar refractivity (Wildman–Crippen MR) is 135 cm³/mol. The standard InChI is InChI=1S/C30H27NO2/c1-22-11-9-10-16-27(22)29(25-14-7-4-8-15-25)31-30(32)28(24-12-5-3-6-13-24)21-23-17-19-26(33-2)20-18-23/h3-21,29H,1-2H3,(H,31,32)/b28-21+/t29-/m0/s1. The number of methoxy groups -OCH3 is 1. The lowest BCUT2D eigenvalue weighted by Crippen LogP contribution is -2.30. The van der Waals surface area contributed by atoms with Gasteiger partial charge in [0, 0.05) is 5.57 Å². The molecule has 0 saturated heterocycles. The van der Waals surface area contributed by atoms with E-state index < -0.39 is 0 Å². The molecule has 0 fully saturated rings. The Morgan fingerprint density at radius 1 is 0.788 bits per heavy atom. The molecule has 3 nitrogen and oxygen atoms in total. The van der Waals surface area contributed by atoms with Crippen molar-refractivity contribution in [2.75, 3.05) is 7.11 Å². The molecule has 4 aromatic carbocycles. The smallest absolute Gasteiger partial charge is 0.252 e. The Kier molecular flexibility index (Phi) is 7.01. The average Bonchev–Trinajstić information content (AvgIpc) is 2.87. The number of rotatable bonds is 7. The Hall–Kier alpha value is -4.11. The fraction of sp³-hybridized carbons (Fsp3) is 0.100.